The number of carbonyl (C=O) groups excluding carboxylic acids is 1. The lowest BCUT2D eigenvalue weighted by atomic mass is 9.99. The smallest absolute Gasteiger partial charge is 0.427 e. The molecule has 0 unspecified atom stereocenters. The summed E-state index contributed by atoms with van der Waals surface area (Å²) in [6.07, 6.45) is 2.76. The monoisotopic (exact) mass is 463 g/mol. The molecule has 32 heavy (non-hydrogen) atoms. The molecule has 0 fully saturated rings. The van der Waals surface area contributed by atoms with Crippen molar-refractivity contribution in [1.29, 1.82) is 5.26 Å². The van der Waals surface area contributed by atoms with Crippen molar-refractivity contribution in [3.8, 4) is 40.1 Å². The number of rotatable bonds is 5. The molecule has 0 atom stereocenters. The van der Waals surface area contributed by atoms with Gasteiger partial charge in [0.05, 0.1) is 5.69 Å². The summed E-state index contributed by atoms with van der Waals surface area (Å²) in [6.45, 7) is 1.18. The minimum atomic E-state index is -6.10. The first-order chi connectivity index (χ1) is 15.0. The lowest BCUT2D eigenvalue weighted by molar-refractivity contribution is -0.131. The van der Waals surface area contributed by atoms with Crippen molar-refractivity contribution in [3.05, 3.63) is 60.4 Å². The van der Waals surface area contributed by atoms with Crippen LogP contribution in [0.3, 0.4) is 0 Å². The molecule has 2 aromatic heterocycles. The van der Waals surface area contributed by atoms with Crippen molar-refractivity contribution >= 4 is 16.1 Å². The summed E-state index contributed by atoms with van der Waals surface area (Å²) in [5, 5.41) is 9.55. The third kappa shape index (κ3) is 4.84. The van der Waals surface area contributed by atoms with E-state index in [0.29, 0.717) is 5.56 Å². The van der Waals surface area contributed by atoms with Crippen LogP contribution < -0.4 is 8.92 Å². The van der Waals surface area contributed by atoms with Crippen LogP contribution >= 0.6 is 0 Å². The number of halogens is 3. The fourth-order valence-electron chi connectivity index (χ4n) is 2.63. The van der Waals surface area contributed by atoms with Gasteiger partial charge in [-0.25, -0.2) is 4.98 Å². The summed E-state index contributed by atoms with van der Waals surface area (Å²) in [6, 6.07) is 11.8. The van der Waals surface area contributed by atoms with Gasteiger partial charge >= 0.3 is 21.6 Å². The largest absolute Gasteiger partial charge is 0.534 e. The standard InChI is InChI=1S/C20H12F3N3O5S/c1-12(27)30-15-4-2-3-14(9-15)18-10-16(13-5-7-25-8-6-13)17(11-24)19(26-18)31-32(28,29)20(21,22)23/h2-10H,1H3. The number of aromatic nitrogens is 2. The molecule has 1 aromatic carbocycles. The SMILES string of the molecule is CC(=O)Oc1cccc(-c2cc(-c3ccncc3)c(C#N)c(OS(=O)(=O)C(F)(F)F)n2)c1. The van der Waals surface area contributed by atoms with Gasteiger partial charge in [0.25, 0.3) is 5.88 Å². The second-order valence-corrected chi connectivity index (χ2v) is 7.73. The lowest BCUT2D eigenvalue weighted by Crippen LogP contribution is -2.28. The van der Waals surface area contributed by atoms with E-state index in [4.69, 9.17) is 4.74 Å². The first-order valence-corrected chi connectivity index (χ1v) is 10.1. The third-order valence-electron chi connectivity index (χ3n) is 3.95. The van der Waals surface area contributed by atoms with Crippen LogP contribution in [-0.2, 0) is 14.9 Å². The molecule has 164 valence electrons. The number of pyridine rings is 2. The van der Waals surface area contributed by atoms with Gasteiger partial charge < -0.3 is 8.92 Å². The minimum absolute atomic E-state index is 0.0304. The van der Waals surface area contributed by atoms with Gasteiger partial charge in [-0.2, -0.15) is 26.9 Å². The van der Waals surface area contributed by atoms with Crippen molar-refractivity contribution in [2.45, 2.75) is 12.4 Å². The van der Waals surface area contributed by atoms with Gasteiger partial charge in [-0.3, -0.25) is 9.78 Å². The van der Waals surface area contributed by atoms with E-state index in [-0.39, 0.29) is 22.6 Å². The van der Waals surface area contributed by atoms with E-state index in [9.17, 15) is 31.6 Å². The second kappa shape index (κ2) is 8.64. The Bertz CT molecular complexity index is 1320. The average Bonchev–Trinajstić information content (AvgIpc) is 2.72. The first-order valence-electron chi connectivity index (χ1n) is 8.67. The zero-order valence-corrected chi connectivity index (χ0v) is 16.9. The molecule has 3 rings (SSSR count). The molecular formula is C20H12F3N3O5S. The van der Waals surface area contributed by atoms with Crippen LogP contribution in [-0.4, -0.2) is 29.9 Å². The summed E-state index contributed by atoms with van der Waals surface area (Å²) < 4.78 is 71.1. The molecular weight excluding hydrogens is 451 g/mol. The van der Waals surface area contributed by atoms with E-state index >= 15 is 0 Å². The zero-order valence-electron chi connectivity index (χ0n) is 16.1. The van der Waals surface area contributed by atoms with Gasteiger partial charge in [0.1, 0.15) is 17.4 Å². The van der Waals surface area contributed by atoms with Crippen LogP contribution in [0.25, 0.3) is 22.4 Å². The highest BCUT2D eigenvalue weighted by Gasteiger charge is 2.49. The van der Waals surface area contributed by atoms with Crippen LogP contribution in [0, 0.1) is 11.3 Å². The van der Waals surface area contributed by atoms with E-state index in [0.717, 1.165) is 0 Å². The molecule has 0 spiro atoms. The molecule has 0 radical (unpaired) electrons. The Hall–Kier alpha value is -3.98. The van der Waals surface area contributed by atoms with Crippen molar-refractivity contribution in [2.75, 3.05) is 0 Å². The van der Waals surface area contributed by atoms with Crippen LogP contribution in [0.5, 0.6) is 11.6 Å². The fourth-order valence-corrected chi connectivity index (χ4v) is 3.06. The Kier molecular flexibility index (Phi) is 6.13. The van der Waals surface area contributed by atoms with Gasteiger partial charge in [-0.05, 0) is 35.9 Å². The van der Waals surface area contributed by atoms with E-state index < -0.39 is 33.0 Å². The van der Waals surface area contributed by atoms with Crippen molar-refractivity contribution in [3.63, 3.8) is 0 Å². The number of nitrogens with zero attached hydrogens (tertiary/aromatic N) is 3. The fraction of sp³-hybridized carbons (Fsp3) is 0.100. The lowest BCUT2D eigenvalue weighted by Gasteiger charge is -2.14. The van der Waals surface area contributed by atoms with Crippen molar-refractivity contribution in [1.82, 2.24) is 9.97 Å². The number of ether oxygens (including phenoxy) is 1. The highest BCUT2D eigenvalue weighted by molar-refractivity contribution is 7.88. The zero-order chi connectivity index (χ0) is 23.5. The van der Waals surface area contributed by atoms with E-state index in [2.05, 4.69) is 14.2 Å². The molecule has 0 aliphatic rings. The van der Waals surface area contributed by atoms with Gasteiger partial charge in [0.2, 0.25) is 0 Å². The van der Waals surface area contributed by atoms with Crippen LogP contribution in [0.4, 0.5) is 13.2 Å². The van der Waals surface area contributed by atoms with Crippen LogP contribution in [0.15, 0.2) is 54.9 Å². The van der Waals surface area contributed by atoms with E-state index in [1.165, 1.54) is 61.8 Å². The van der Waals surface area contributed by atoms with E-state index in [1.54, 1.807) is 6.07 Å². The molecule has 0 bridgehead atoms. The van der Waals surface area contributed by atoms with Crippen molar-refractivity contribution < 1.29 is 35.3 Å². The quantitative estimate of drug-likeness (QED) is 0.242. The number of benzene rings is 1. The summed E-state index contributed by atoms with van der Waals surface area (Å²) in [5.41, 5.74) is -5.61. The normalized spacial score (nSPS) is 11.5. The highest BCUT2D eigenvalue weighted by Crippen LogP contribution is 2.36. The molecule has 0 aliphatic heterocycles. The molecule has 3 aromatic rings. The van der Waals surface area contributed by atoms with Crippen LogP contribution in [0.2, 0.25) is 0 Å². The predicted molar refractivity (Wildman–Crippen MR) is 105 cm³/mol. The maximum atomic E-state index is 12.9. The molecule has 0 aliphatic carbocycles. The number of esters is 1. The minimum Gasteiger partial charge on any atom is -0.427 e. The number of carbonyl (C=O) groups is 1. The number of hydrogen-bond donors (Lipinski definition) is 0. The molecule has 0 saturated heterocycles. The molecule has 0 saturated carbocycles. The Morgan fingerprint density at radius 1 is 1.09 bits per heavy atom. The molecule has 0 N–H and O–H groups in total. The van der Waals surface area contributed by atoms with Crippen LogP contribution in [0.1, 0.15) is 12.5 Å². The molecule has 0 amide bonds. The van der Waals surface area contributed by atoms with Gasteiger partial charge in [0, 0.05) is 30.4 Å². The number of hydrogen-bond acceptors (Lipinski definition) is 8. The van der Waals surface area contributed by atoms with Gasteiger partial charge in [0.15, 0.2) is 0 Å². The first kappa shape index (κ1) is 22.7. The maximum Gasteiger partial charge on any atom is 0.534 e. The summed E-state index contributed by atoms with van der Waals surface area (Å²) in [5.74, 6) is -1.53. The average molecular weight is 463 g/mol. The number of nitriles is 1. The molecule has 12 heteroatoms. The molecule has 2 heterocycles. The third-order valence-corrected chi connectivity index (χ3v) is 4.90. The summed E-state index contributed by atoms with van der Waals surface area (Å²) in [7, 11) is -6.10. The highest BCUT2D eigenvalue weighted by atomic mass is 32.2. The summed E-state index contributed by atoms with van der Waals surface area (Å²) >= 11 is 0. The predicted octanol–water partition coefficient (Wildman–Crippen LogP) is 3.84. The van der Waals surface area contributed by atoms with Crippen molar-refractivity contribution in [2.24, 2.45) is 0 Å². The Morgan fingerprint density at radius 2 is 1.78 bits per heavy atom. The summed E-state index contributed by atoms with van der Waals surface area (Å²) in [4.78, 5) is 18.9. The Balaban J connectivity index is 2.26. The molecule has 8 nitrogen and oxygen atoms in total. The van der Waals surface area contributed by atoms with Gasteiger partial charge in [-0.15, -0.1) is 0 Å². The van der Waals surface area contributed by atoms with Gasteiger partial charge in [-0.1, -0.05) is 12.1 Å². The maximum absolute atomic E-state index is 12.9. The Labute approximate surface area is 180 Å². The number of alkyl halides is 3. The Morgan fingerprint density at radius 3 is 2.38 bits per heavy atom. The topological polar surface area (TPSA) is 119 Å². The van der Waals surface area contributed by atoms with E-state index in [1.807, 2.05) is 0 Å². The second-order valence-electron chi connectivity index (χ2n) is 6.19.